The van der Waals surface area contributed by atoms with Crippen molar-refractivity contribution >= 4 is 10.2 Å². The van der Waals surface area contributed by atoms with Crippen LogP contribution in [0.3, 0.4) is 0 Å². The highest BCUT2D eigenvalue weighted by molar-refractivity contribution is 7.87. The summed E-state index contributed by atoms with van der Waals surface area (Å²) in [5, 5.41) is 4.53. The summed E-state index contributed by atoms with van der Waals surface area (Å²) >= 11 is 0. The van der Waals surface area contributed by atoms with Gasteiger partial charge in [0.15, 0.2) is 0 Å². The number of nitrogens with zero attached hydrogens (tertiary/aromatic N) is 2. The topological polar surface area (TPSA) is 85.2 Å². The number of alkyl halides is 3. The Morgan fingerprint density at radius 2 is 1.70 bits per heavy atom. The number of aromatic nitrogens is 2. The molecule has 3 aromatic rings. The number of nitrogens with one attached hydrogen (secondary N) is 2. The largest absolute Gasteiger partial charge is 0.439 e. The molecule has 11 heteroatoms. The van der Waals surface area contributed by atoms with Crippen LogP contribution < -0.4 is 14.2 Å². The first-order valence-electron chi connectivity index (χ1n) is 10.1. The lowest BCUT2D eigenvalue weighted by Crippen LogP contribution is -2.45. The fourth-order valence-corrected chi connectivity index (χ4v) is 4.09. The fourth-order valence-electron chi connectivity index (χ4n) is 3.20. The molecule has 2 N–H and O–H groups in total. The predicted octanol–water partition coefficient (Wildman–Crippen LogP) is 4.67. The molecule has 33 heavy (non-hydrogen) atoms. The van der Waals surface area contributed by atoms with E-state index in [4.69, 9.17) is 4.74 Å². The van der Waals surface area contributed by atoms with Crippen LogP contribution in [0.25, 0.3) is 11.3 Å². The molecule has 0 aliphatic rings. The van der Waals surface area contributed by atoms with Gasteiger partial charge in [-0.25, -0.2) is 9.40 Å². The van der Waals surface area contributed by atoms with Crippen molar-refractivity contribution in [2.24, 2.45) is 0 Å². The van der Waals surface area contributed by atoms with E-state index >= 15 is 0 Å². The van der Waals surface area contributed by atoms with Crippen LogP contribution in [-0.2, 0) is 28.5 Å². The quantitative estimate of drug-likeness (QED) is 0.489. The molecule has 0 saturated heterocycles. The molecular formula is C22H25F3N4O3S. The Morgan fingerprint density at radius 1 is 1.03 bits per heavy atom. The second-order valence-electron chi connectivity index (χ2n) is 7.82. The maximum Gasteiger partial charge on any atom is 0.416 e. The highest BCUT2D eigenvalue weighted by atomic mass is 32.2. The predicted molar refractivity (Wildman–Crippen MR) is 119 cm³/mol. The molecule has 0 amide bonds. The van der Waals surface area contributed by atoms with Gasteiger partial charge in [-0.3, -0.25) is 0 Å². The third kappa shape index (κ3) is 5.92. The Bertz CT molecular complexity index is 1220. The van der Waals surface area contributed by atoms with Crippen LogP contribution in [-0.4, -0.2) is 25.2 Å². The van der Waals surface area contributed by atoms with E-state index < -0.39 is 27.5 Å². The summed E-state index contributed by atoms with van der Waals surface area (Å²) in [6.07, 6.45) is -4.42. The summed E-state index contributed by atoms with van der Waals surface area (Å²) < 4.78 is 74.5. The zero-order valence-corrected chi connectivity index (χ0v) is 19.4. The normalized spacial score (nSPS) is 12.7. The van der Waals surface area contributed by atoms with Gasteiger partial charge >= 0.3 is 6.18 Å². The van der Waals surface area contributed by atoms with Crippen molar-refractivity contribution in [3.05, 3.63) is 65.7 Å². The average Bonchev–Trinajstić information content (AvgIpc) is 3.16. The monoisotopic (exact) mass is 482 g/mol. The number of hydrogen-bond acceptors (Lipinski definition) is 4. The minimum Gasteiger partial charge on any atom is -0.439 e. The molecule has 3 rings (SSSR count). The number of halogens is 3. The molecule has 1 aromatic heterocycles. The maximum absolute atomic E-state index is 12.8. The number of ether oxygens (including phenoxy) is 1. The second-order valence-corrected chi connectivity index (χ2v) is 9.44. The third-order valence-corrected chi connectivity index (χ3v) is 6.30. The lowest BCUT2D eigenvalue weighted by Gasteiger charge is -2.26. The Hall–Kier alpha value is -2.89. The highest BCUT2D eigenvalue weighted by Gasteiger charge is 2.30. The van der Waals surface area contributed by atoms with Gasteiger partial charge in [0.25, 0.3) is 10.2 Å². The molecule has 7 nitrogen and oxygen atoms in total. The summed E-state index contributed by atoms with van der Waals surface area (Å²) in [5.41, 5.74) is 0.370. The molecule has 0 bridgehead atoms. The molecule has 178 valence electrons. The van der Waals surface area contributed by atoms with Crippen molar-refractivity contribution < 1.29 is 26.3 Å². The second kappa shape index (κ2) is 9.16. The van der Waals surface area contributed by atoms with Crippen molar-refractivity contribution in [2.75, 3.05) is 7.05 Å². The van der Waals surface area contributed by atoms with Crippen LogP contribution in [0.4, 0.5) is 13.2 Å². The Balaban J connectivity index is 1.89. The molecule has 1 heterocycles. The van der Waals surface area contributed by atoms with E-state index in [1.165, 1.54) is 19.2 Å². The lowest BCUT2D eigenvalue weighted by molar-refractivity contribution is -0.137. The molecular weight excluding hydrogens is 457 g/mol. The van der Waals surface area contributed by atoms with Gasteiger partial charge in [0.2, 0.25) is 5.88 Å². The molecule has 0 aliphatic heterocycles. The van der Waals surface area contributed by atoms with Gasteiger partial charge < -0.3 is 4.74 Å². The number of aryl methyl sites for hydroxylation is 1. The van der Waals surface area contributed by atoms with E-state index in [9.17, 15) is 21.6 Å². The van der Waals surface area contributed by atoms with Crippen LogP contribution in [0.5, 0.6) is 11.6 Å². The summed E-state index contributed by atoms with van der Waals surface area (Å²) in [4.78, 5) is 0. The Morgan fingerprint density at radius 3 is 2.27 bits per heavy atom. The Labute approximate surface area is 190 Å². The lowest BCUT2D eigenvalue weighted by atomic mass is 9.93. The molecule has 0 radical (unpaired) electrons. The molecule has 0 saturated carbocycles. The summed E-state index contributed by atoms with van der Waals surface area (Å²) in [5.74, 6) is 0.619. The van der Waals surface area contributed by atoms with Crippen molar-refractivity contribution in [2.45, 2.75) is 39.0 Å². The first kappa shape index (κ1) is 24.7. The maximum atomic E-state index is 12.8. The van der Waals surface area contributed by atoms with Crippen molar-refractivity contribution in [1.82, 2.24) is 19.2 Å². The molecule has 0 fully saturated rings. The van der Waals surface area contributed by atoms with Crippen molar-refractivity contribution in [3.63, 3.8) is 0 Å². The number of rotatable bonds is 8. The van der Waals surface area contributed by atoms with E-state index in [0.717, 1.165) is 23.3 Å². The van der Waals surface area contributed by atoms with Gasteiger partial charge in [-0.05, 0) is 56.7 Å². The van der Waals surface area contributed by atoms with E-state index in [2.05, 4.69) is 14.5 Å². The minimum atomic E-state index is -4.42. The Kier molecular flexibility index (Phi) is 6.87. The zero-order chi connectivity index (χ0) is 24.4. The van der Waals surface area contributed by atoms with E-state index in [0.29, 0.717) is 18.1 Å². The molecule has 0 spiro atoms. The van der Waals surface area contributed by atoms with Crippen LogP contribution in [0.15, 0.2) is 54.6 Å². The van der Waals surface area contributed by atoms with Crippen molar-refractivity contribution in [1.29, 1.82) is 0 Å². The highest BCUT2D eigenvalue weighted by Crippen LogP contribution is 2.33. The van der Waals surface area contributed by atoms with Gasteiger partial charge in [0.1, 0.15) is 5.75 Å². The molecule has 0 unspecified atom stereocenters. The van der Waals surface area contributed by atoms with Gasteiger partial charge in [0.05, 0.1) is 16.8 Å². The first-order chi connectivity index (χ1) is 15.3. The first-order valence-corrected chi connectivity index (χ1v) is 11.6. The van der Waals surface area contributed by atoms with Gasteiger partial charge in [-0.2, -0.15) is 31.4 Å². The number of hydrogen-bond donors (Lipinski definition) is 2. The van der Waals surface area contributed by atoms with Crippen LogP contribution in [0, 0.1) is 0 Å². The van der Waals surface area contributed by atoms with Crippen LogP contribution in [0.1, 0.15) is 31.9 Å². The summed E-state index contributed by atoms with van der Waals surface area (Å²) in [6, 6.07) is 13.4. The fraction of sp³-hybridized carbons (Fsp3) is 0.318. The minimum absolute atomic E-state index is 0.250. The zero-order valence-electron chi connectivity index (χ0n) is 18.6. The number of benzene rings is 2. The molecule has 0 atom stereocenters. The van der Waals surface area contributed by atoms with E-state index in [1.54, 1.807) is 36.7 Å². The SMILES string of the molecule is CCn1nc(-c2cccc(C(C)(C)NS(=O)(=O)NC)c2)cc1Oc1ccc(C(F)(F)F)cc1. The van der Waals surface area contributed by atoms with E-state index in [-0.39, 0.29) is 5.75 Å². The summed E-state index contributed by atoms with van der Waals surface area (Å²) in [6.45, 7) is 5.82. The van der Waals surface area contributed by atoms with Gasteiger partial charge in [-0.1, -0.05) is 18.2 Å². The third-order valence-electron chi connectivity index (χ3n) is 4.98. The van der Waals surface area contributed by atoms with Crippen LogP contribution >= 0.6 is 0 Å². The average molecular weight is 483 g/mol. The van der Waals surface area contributed by atoms with Gasteiger partial charge in [0, 0.05) is 25.2 Å². The smallest absolute Gasteiger partial charge is 0.416 e. The van der Waals surface area contributed by atoms with E-state index in [1.807, 2.05) is 19.1 Å². The molecule has 0 aliphatic carbocycles. The molecule has 2 aromatic carbocycles. The van der Waals surface area contributed by atoms with Crippen LogP contribution in [0.2, 0.25) is 0 Å². The van der Waals surface area contributed by atoms with Gasteiger partial charge in [-0.15, -0.1) is 0 Å². The summed E-state index contributed by atoms with van der Waals surface area (Å²) in [7, 11) is -2.34. The van der Waals surface area contributed by atoms with Crippen molar-refractivity contribution in [3.8, 4) is 22.9 Å². The standard InChI is InChI=1S/C22H25F3N4O3S/c1-5-29-20(32-18-11-9-16(10-12-18)22(23,24)25)14-19(27-29)15-7-6-8-17(13-15)21(2,3)28-33(30,31)26-4/h6-14,26,28H,5H2,1-4H3.